The summed E-state index contributed by atoms with van der Waals surface area (Å²) in [6.07, 6.45) is 0.0270. The summed E-state index contributed by atoms with van der Waals surface area (Å²) in [6, 6.07) is -0.999. The molecule has 0 aliphatic heterocycles. The molecule has 26 heavy (non-hydrogen) atoms. The number of hydrogen-bond acceptors (Lipinski definition) is 6. The number of carbonyl (C=O) groups excluding carboxylic acids is 2. The van der Waals surface area contributed by atoms with Crippen molar-refractivity contribution in [3.63, 3.8) is 0 Å². The van der Waals surface area contributed by atoms with Gasteiger partial charge in [-0.05, 0) is 61.5 Å². The molecule has 0 radical (unpaired) electrons. The van der Waals surface area contributed by atoms with E-state index in [1.54, 1.807) is 41.5 Å². The number of nitrogens with one attached hydrogen (secondary N) is 1. The first-order chi connectivity index (χ1) is 11.4. The van der Waals surface area contributed by atoms with Crippen LogP contribution in [0.1, 0.15) is 61.8 Å². The largest absolute Gasteiger partial charge is 0.460 e. The highest BCUT2D eigenvalue weighted by Crippen LogP contribution is 2.20. The number of alkyl carbamates (subject to hydrolysis) is 1. The van der Waals surface area contributed by atoms with Gasteiger partial charge in [0.2, 0.25) is 0 Å². The highest BCUT2D eigenvalue weighted by atomic mass is 35.5. The quantitative estimate of drug-likeness (QED) is 0.671. The first-order valence-electron chi connectivity index (χ1n) is 8.26. The van der Waals surface area contributed by atoms with Crippen LogP contribution in [0.15, 0.2) is 10.4 Å². The Kier molecular flexibility index (Phi) is 8.63. The van der Waals surface area contributed by atoms with Crippen molar-refractivity contribution >= 4 is 33.5 Å². The second-order valence-electron chi connectivity index (χ2n) is 8.11. The van der Waals surface area contributed by atoms with Gasteiger partial charge in [-0.2, -0.15) is 0 Å². The first-order valence-corrected chi connectivity index (χ1v) is 10.2. The molecule has 1 atom stereocenters. The second-order valence-corrected chi connectivity index (χ2v) is 11.2. The number of carbonyl (C=O) groups is 2. The van der Waals surface area contributed by atoms with E-state index < -0.39 is 48.8 Å². The molecule has 0 aromatic rings. The zero-order valence-electron chi connectivity index (χ0n) is 16.7. The van der Waals surface area contributed by atoms with Crippen molar-refractivity contribution < 1.29 is 27.5 Å². The summed E-state index contributed by atoms with van der Waals surface area (Å²) < 4.78 is 34.2. The molecule has 0 fully saturated rings. The van der Waals surface area contributed by atoms with E-state index in [9.17, 15) is 18.0 Å². The minimum Gasteiger partial charge on any atom is -0.460 e. The molecule has 0 spiro atoms. The van der Waals surface area contributed by atoms with Crippen LogP contribution in [0.5, 0.6) is 0 Å². The van der Waals surface area contributed by atoms with Crippen molar-refractivity contribution in [1.82, 2.24) is 5.32 Å². The Bertz CT molecular complexity index is 611. The fourth-order valence-corrected chi connectivity index (χ4v) is 3.14. The van der Waals surface area contributed by atoms with Crippen molar-refractivity contribution in [2.75, 3.05) is 0 Å². The fourth-order valence-electron chi connectivity index (χ4n) is 1.65. The summed E-state index contributed by atoms with van der Waals surface area (Å²) in [4.78, 5) is 24.1. The van der Waals surface area contributed by atoms with Crippen molar-refractivity contribution in [3.05, 3.63) is 10.4 Å². The lowest BCUT2D eigenvalue weighted by Gasteiger charge is -2.24. The van der Waals surface area contributed by atoms with E-state index in [-0.39, 0.29) is 6.42 Å². The van der Waals surface area contributed by atoms with Gasteiger partial charge in [-0.25, -0.2) is 13.2 Å². The summed E-state index contributed by atoms with van der Waals surface area (Å²) >= 11 is 5.92. The number of rotatable bonds is 6. The number of esters is 1. The Morgan fingerprint density at radius 1 is 1.04 bits per heavy atom. The number of amides is 1. The summed E-state index contributed by atoms with van der Waals surface area (Å²) in [5.74, 6) is -0.610. The second kappa shape index (κ2) is 9.08. The van der Waals surface area contributed by atoms with Gasteiger partial charge >= 0.3 is 12.1 Å². The van der Waals surface area contributed by atoms with E-state index in [2.05, 4.69) is 5.32 Å². The Hall–Kier alpha value is -1.28. The summed E-state index contributed by atoms with van der Waals surface area (Å²) in [6.45, 7) is 13.1. The molecule has 9 heteroatoms. The van der Waals surface area contributed by atoms with Crippen LogP contribution in [-0.4, -0.2) is 43.0 Å². The first kappa shape index (κ1) is 24.7. The van der Waals surface area contributed by atoms with Gasteiger partial charge in [-0.3, -0.25) is 4.79 Å². The molecule has 1 unspecified atom stereocenters. The lowest BCUT2D eigenvalue weighted by molar-refractivity contribution is -0.155. The molecule has 0 bridgehead atoms. The summed E-state index contributed by atoms with van der Waals surface area (Å²) in [7, 11) is -3.73. The van der Waals surface area contributed by atoms with Crippen LogP contribution in [0.3, 0.4) is 0 Å². The van der Waals surface area contributed by atoms with E-state index >= 15 is 0 Å². The molecule has 0 aliphatic rings. The SMILES string of the molecule is CC(C)S(=O)(=O)/C(Cl)=C/C(CC(=O)OC(C)(C)C)NC(=O)OC(C)(C)C. The average molecular weight is 412 g/mol. The molecular weight excluding hydrogens is 382 g/mol. The third-order valence-corrected chi connectivity index (χ3v) is 5.43. The monoisotopic (exact) mass is 411 g/mol. The van der Waals surface area contributed by atoms with Gasteiger partial charge < -0.3 is 14.8 Å². The molecule has 0 aliphatic carbocycles. The van der Waals surface area contributed by atoms with Crippen molar-refractivity contribution in [3.8, 4) is 0 Å². The minimum absolute atomic E-state index is 0.291. The zero-order valence-corrected chi connectivity index (χ0v) is 18.2. The van der Waals surface area contributed by atoms with Gasteiger partial charge in [0.25, 0.3) is 0 Å². The van der Waals surface area contributed by atoms with E-state index in [4.69, 9.17) is 21.1 Å². The van der Waals surface area contributed by atoms with Crippen LogP contribution in [-0.2, 0) is 24.1 Å². The number of hydrogen-bond donors (Lipinski definition) is 1. The van der Waals surface area contributed by atoms with Crippen LogP contribution in [0.25, 0.3) is 0 Å². The van der Waals surface area contributed by atoms with Gasteiger partial charge in [-0.1, -0.05) is 11.6 Å². The van der Waals surface area contributed by atoms with Crippen LogP contribution < -0.4 is 5.32 Å². The van der Waals surface area contributed by atoms with Crippen LogP contribution in [0.2, 0.25) is 0 Å². The lowest BCUT2D eigenvalue weighted by Crippen LogP contribution is -2.40. The predicted octanol–water partition coefficient (Wildman–Crippen LogP) is 3.51. The van der Waals surface area contributed by atoms with Crippen molar-refractivity contribution in [2.45, 2.75) is 84.3 Å². The zero-order chi connectivity index (χ0) is 20.9. The molecule has 152 valence electrons. The van der Waals surface area contributed by atoms with Crippen molar-refractivity contribution in [1.29, 1.82) is 0 Å². The molecular formula is C17H30ClNO6S. The van der Waals surface area contributed by atoms with Crippen LogP contribution >= 0.6 is 11.6 Å². The molecule has 0 saturated heterocycles. The van der Waals surface area contributed by atoms with Crippen LogP contribution in [0, 0.1) is 0 Å². The number of ether oxygens (including phenoxy) is 2. The number of halogens is 1. The molecule has 1 N–H and O–H groups in total. The maximum Gasteiger partial charge on any atom is 0.408 e. The third-order valence-electron chi connectivity index (χ3n) is 2.73. The minimum atomic E-state index is -3.73. The van der Waals surface area contributed by atoms with Gasteiger partial charge in [0.05, 0.1) is 17.7 Å². The Morgan fingerprint density at radius 2 is 1.50 bits per heavy atom. The maximum absolute atomic E-state index is 12.1. The molecule has 1 amide bonds. The average Bonchev–Trinajstić information content (AvgIpc) is 2.32. The van der Waals surface area contributed by atoms with Crippen LogP contribution in [0.4, 0.5) is 4.79 Å². The number of sulfone groups is 1. The topological polar surface area (TPSA) is 98.8 Å². The molecule has 0 aromatic heterocycles. The fraction of sp³-hybridized carbons (Fsp3) is 0.765. The molecule has 0 saturated carbocycles. The lowest BCUT2D eigenvalue weighted by atomic mass is 10.1. The van der Waals surface area contributed by atoms with Gasteiger partial charge in [-0.15, -0.1) is 0 Å². The molecule has 7 nitrogen and oxygen atoms in total. The third kappa shape index (κ3) is 10.0. The highest BCUT2D eigenvalue weighted by molar-refractivity contribution is 7.97. The Morgan fingerprint density at radius 3 is 1.88 bits per heavy atom. The molecule has 0 aromatic carbocycles. The van der Waals surface area contributed by atoms with Gasteiger partial charge in [0.15, 0.2) is 9.84 Å². The van der Waals surface area contributed by atoms with E-state index in [0.29, 0.717) is 0 Å². The van der Waals surface area contributed by atoms with E-state index in [1.807, 2.05) is 0 Å². The van der Waals surface area contributed by atoms with Crippen molar-refractivity contribution in [2.24, 2.45) is 0 Å². The van der Waals surface area contributed by atoms with Gasteiger partial charge in [0.1, 0.15) is 15.6 Å². The summed E-state index contributed by atoms with van der Waals surface area (Å²) in [5, 5.41) is 1.70. The van der Waals surface area contributed by atoms with E-state index in [0.717, 1.165) is 6.08 Å². The molecule has 0 heterocycles. The normalized spacial score (nSPS) is 14.8. The van der Waals surface area contributed by atoms with E-state index in [1.165, 1.54) is 13.8 Å². The highest BCUT2D eigenvalue weighted by Gasteiger charge is 2.26. The molecule has 0 rings (SSSR count). The Balaban J connectivity index is 5.48. The maximum atomic E-state index is 12.1. The standard InChI is InChI=1S/C17H30ClNO6S/c1-11(2)26(22,23)13(18)9-12(10-14(20)24-16(3,4)5)19-15(21)25-17(6,7)8/h9,11-12H,10H2,1-8H3,(H,19,21)/b13-9+. The van der Waals surface area contributed by atoms with Gasteiger partial charge in [0, 0.05) is 0 Å². The smallest absolute Gasteiger partial charge is 0.408 e. The predicted molar refractivity (Wildman–Crippen MR) is 102 cm³/mol. The Labute approximate surface area is 161 Å². The summed E-state index contributed by atoms with van der Waals surface area (Å²) in [5.41, 5.74) is -1.47.